The molecule has 0 saturated carbocycles. The first-order chi connectivity index (χ1) is 13.3. The molecular formula is C23H30N2O3. The second-order valence-corrected chi connectivity index (χ2v) is 7.87. The van der Waals surface area contributed by atoms with E-state index in [9.17, 15) is 9.59 Å². The molecule has 0 fully saturated rings. The van der Waals surface area contributed by atoms with Crippen molar-refractivity contribution in [1.82, 2.24) is 4.90 Å². The maximum absolute atomic E-state index is 13.1. The van der Waals surface area contributed by atoms with Crippen molar-refractivity contribution in [2.24, 2.45) is 10.6 Å². The van der Waals surface area contributed by atoms with Crippen LogP contribution >= 0.6 is 0 Å². The largest absolute Gasteiger partial charge is 0.391 e. The SMILES string of the molecule is C=CCO/N=C(/CCC)C1=C(N(C)C(=O)c2ccccc2)CC(C)(C)CC1=O. The Hall–Kier alpha value is -2.69. The summed E-state index contributed by atoms with van der Waals surface area (Å²) in [6.07, 6.45) is 4.07. The van der Waals surface area contributed by atoms with Crippen molar-refractivity contribution < 1.29 is 14.4 Å². The van der Waals surface area contributed by atoms with Crippen LogP contribution in [0.5, 0.6) is 0 Å². The molecule has 0 N–H and O–H groups in total. The van der Waals surface area contributed by atoms with E-state index in [0.717, 1.165) is 6.42 Å². The van der Waals surface area contributed by atoms with Crippen LogP contribution in [0, 0.1) is 5.41 Å². The van der Waals surface area contributed by atoms with E-state index in [1.165, 1.54) is 0 Å². The monoisotopic (exact) mass is 382 g/mol. The normalized spacial score (nSPS) is 16.7. The minimum atomic E-state index is -0.222. The van der Waals surface area contributed by atoms with Crippen molar-refractivity contribution in [3.8, 4) is 0 Å². The Morgan fingerprint density at radius 2 is 1.96 bits per heavy atom. The maximum Gasteiger partial charge on any atom is 0.257 e. The summed E-state index contributed by atoms with van der Waals surface area (Å²) in [5.74, 6) is -0.130. The van der Waals surface area contributed by atoms with Gasteiger partial charge in [0.1, 0.15) is 6.61 Å². The van der Waals surface area contributed by atoms with E-state index < -0.39 is 0 Å². The Kier molecular flexibility index (Phi) is 7.32. The number of ketones is 1. The number of rotatable bonds is 8. The first kappa shape index (κ1) is 21.6. The number of allylic oxidation sites excluding steroid dienone is 2. The number of carbonyl (C=O) groups is 2. The van der Waals surface area contributed by atoms with Crippen LogP contribution < -0.4 is 0 Å². The predicted octanol–water partition coefficient (Wildman–Crippen LogP) is 4.76. The highest BCUT2D eigenvalue weighted by Gasteiger charge is 2.37. The van der Waals surface area contributed by atoms with Gasteiger partial charge in [0.2, 0.25) is 0 Å². The van der Waals surface area contributed by atoms with E-state index in [1.54, 1.807) is 30.2 Å². The molecule has 0 aliphatic heterocycles. The molecule has 5 heteroatoms. The van der Waals surface area contributed by atoms with Gasteiger partial charge < -0.3 is 9.74 Å². The third-order valence-corrected chi connectivity index (χ3v) is 4.73. The summed E-state index contributed by atoms with van der Waals surface area (Å²) in [5.41, 5.74) is 2.21. The molecule has 5 nitrogen and oxygen atoms in total. The lowest BCUT2D eigenvalue weighted by molar-refractivity contribution is -0.117. The number of oxime groups is 1. The average Bonchev–Trinajstić information content (AvgIpc) is 2.66. The van der Waals surface area contributed by atoms with Gasteiger partial charge in [0.15, 0.2) is 5.78 Å². The van der Waals surface area contributed by atoms with Crippen LogP contribution in [0.2, 0.25) is 0 Å². The molecule has 0 spiro atoms. The fraction of sp³-hybridized carbons (Fsp3) is 0.435. The molecular weight excluding hydrogens is 352 g/mol. The van der Waals surface area contributed by atoms with Crippen LogP contribution in [-0.4, -0.2) is 36.0 Å². The van der Waals surface area contributed by atoms with Crippen LogP contribution in [0.4, 0.5) is 0 Å². The first-order valence-corrected chi connectivity index (χ1v) is 9.70. The number of carbonyl (C=O) groups excluding carboxylic acids is 2. The van der Waals surface area contributed by atoms with Crippen molar-refractivity contribution >= 4 is 17.4 Å². The number of hydrogen-bond donors (Lipinski definition) is 0. The molecule has 1 aliphatic rings. The van der Waals surface area contributed by atoms with Gasteiger partial charge in [-0.1, -0.05) is 63.2 Å². The van der Waals surface area contributed by atoms with Gasteiger partial charge in [-0.25, -0.2) is 0 Å². The van der Waals surface area contributed by atoms with Gasteiger partial charge in [-0.3, -0.25) is 9.59 Å². The second-order valence-electron chi connectivity index (χ2n) is 7.87. The minimum Gasteiger partial charge on any atom is -0.391 e. The molecule has 0 heterocycles. The zero-order valence-corrected chi connectivity index (χ0v) is 17.3. The highest BCUT2D eigenvalue weighted by Crippen LogP contribution is 2.39. The Morgan fingerprint density at radius 1 is 1.29 bits per heavy atom. The van der Waals surface area contributed by atoms with E-state index in [1.807, 2.05) is 39.0 Å². The average molecular weight is 383 g/mol. The summed E-state index contributed by atoms with van der Waals surface area (Å²) in [4.78, 5) is 33.0. The maximum atomic E-state index is 13.1. The van der Waals surface area contributed by atoms with Crippen LogP contribution in [-0.2, 0) is 9.63 Å². The highest BCUT2D eigenvalue weighted by molar-refractivity contribution is 6.23. The van der Waals surface area contributed by atoms with E-state index in [2.05, 4.69) is 11.7 Å². The molecule has 1 aromatic carbocycles. The number of benzene rings is 1. The van der Waals surface area contributed by atoms with Gasteiger partial charge in [0.25, 0.3) is 5.91 Å². The highest BCUT2D eigenvalue weighted by atomic mass is 16.6. The molecule has 28 heavy (non-hydrogen) atoms. The third kappa shape index (κ3) is 5.18. The number of amides is 1. The van der Waals surface area contributed by atoms with E-state index >= 15 is 0 Å². The van der Waals surface area contributed by atoms with Crippen molar-refractivity contribution in [1.29, 1.82) is 0 Å². The summed E-state index contributed by atoms with van der Waals surface area (Å²) in [6, 6.07) is 9.10. The van der Waals surface area contributed by atoms with Gasteiger partial charge in [-0.05, 0) is 30.4 Å². The van der Waals surface area contributed by atoms with Crippen molar-refractivity contribution in [3.05, 3.63) is 59.8 Å². The Labute approximate surface area is 167 Å². The second kappa shape index (κ2) is 9.49. The molecule has 0 atom stereocenters. The molecule has 150 valence electrons. The molecule has 1 amide bonds. The van der Waals surface area contributed by atoms with Crippen molar-refractivity contribution in [2.45, 2.75) is 46.5 Å². The Morgan fingerprint density at radius 3 is 2.57 bits per heavy atom. The minimum absolute atomic E-state index is 0.00775. The number of Topliss-reactive ketones (excluding diaryl/α,β-unsaturated/α-hetero) is 1. The van der Waals surface area contributed by atoms with Crippen molar-refractivity contribution in [3.63, 3.8) is 0 Å². The van der Waals surface area contributed by atoms with E-state index in [4.69, 9.17) is 4.84 Å². The van der Waals surface area contributed by atoms with Crippen molar-refractivity contribution in [2.75, 3.05) is 13.7 Å². The lowest BCUT2D eigenvalue weighted by Gasteiger charge is -2.36. The van der Waals surface area contributed by atoms with Gasteiger partial charge in [-0.15, -0.1) is 0 Å². The van der Waals surface area contributed by atoms with Gasteiger partial charge in [0.05, 0.1) is 11.3 Å². The lowest BCUT2D eigenvalue weighted by Crippen LogP contribution is -2.37. The zero-order valence-electron chi connectivity index (χ0n) is 17.3. The fourth-order valence-electron chi connectivity index (χ4n) is 3.42. The molecule has 0 unspecified atom stereocenters. The summed E-state index contributed by atoms with van der Waals surface area (Å²) < 4.78 is 0. The number of hydrogen-bond acceptors (Lipinski definition) is 4. The van der Waals surface area contributed by atoms with E-state index in [-0.39, 0.29) is 23.7 Å². The lowest BCUT2D eigenvalue weighted by atomic mass is 9.74. The molecule has 0 aromatic heterocycles. The summed E-state index contributed by atoms with van der Waals surface area (Å²) in [6.45, 7) is 10.0. The molecule has 2 rings (SSSR count). The molecule has 1 aliphatic carbocycles. The van der Waals surface area contributed by atoms with Gasteiger partial charge in [-0.2, -0.15) is 0 Å². The van der Waals surface area contributed by atoms with E-state index in [0.29, 0.717) is 41.8 Å². The summed E-state index contributed by atoms with van der Waals surface area (Å²) in [5, 5.41) is 4.22. The molecule has 1 aromatic rings. The quantitative estimate of drug-likeness (QED) is 0.282. The third-order valence-electron chi connectivity index (χ3n) is 4.73. The first-order valence-electron chi connectivity index (χ1n) is 9.70. The summed E-state index contributed by atoms with van der Waals surface area (Å²) >= 11 is 0. The fourth-order valence-corrected chi connectivity index (χ4v) is 3.42. The molecule has 0 bridgehead atoms. The standard InChI is InChI=1S/C23H30N2O3/c1-6-11-18(24-28-14-7-2)21-19(15-23(3,4)16-20(21)26)25(5)22(27)17-12-9-8-10-13-17/h7-10,12-13H,2,6,11,14-16H2,1,3-5H3/b24-18-. The van der Waals surface area contributed by atoms with Crippen LogP contribution in [0.1, 0.15) is 56.8 Å². The zero-order chi connectivity index (χ0) is 20.7. The smallest absolute Gasteiger partial charge is 0.257 e. The van der Waals surface area contributed by atoms with Crippen LogP contribution in [0.25, 0.3) is 0 Å². The Balaban J connectivity index is 2.53. The van der Waals surface area contributed by atoms with Crippen LogP contribution in [0.15, 0.2) is 59.4 Å². The molecule has 0 radical (unpaired) electrons. The van der Waals surface area contributed by atoms with Gasteiger partial charge in [0, 0.05) is 24.7 Å². The molecule has 0 saturated heterocycles. The Bertz CT molecular complexity index is 791. The van der Waals surface area contributed by atoms with Gasteiger partial charge >= 0.3 is 0 Å². The van der Waals surface area contributed by atoms with Crippen LogP contribution in [0.3, 0.4) is 0 Å². The summed E-state index contributed by atoms with van der Waals surface area (Å²) in [7, 11) is 1.73. The topological polar surface area (TPSA) is 59.0 Å². The number of nitrogens with zero attached hydrogens (tertiary/aromatic N) is 2. The predicted molar refractivity (Wildman–Crippen MR) is 112 cm³/mol.